The minimum Gasteiger partial charge on any atom is -0.343 e. The van der Waals surface area contributed by atoms with Crippen LogP contribution in [0.5, 0.6) is 0 Å². The predicted molar refractivity (Wildman–Crippen MR) is 55.6 cm³/mol. The van der Waals surface area contributed by atoms with Gasteiger partial charge in [0.05, 0.1) is 0 Å². The molecule has 1 fully saturated rings. The number of amides is 1. The molecule has 3 nitrogen and oxygen atoms in total. The molecule has 1 atom stereocenters. The van der Waals surface area contributed by atoms with Crippen molar-refractivity contribution < 1.29 is 4.79 Å². The van der Waals surface area contributed by atoms with Crippen molar-refractivity contribution in [1.82, 2.24) is 10.2 Å². The Morgan fingerprint density at radius 3 is 2.54 bits per heavy atom. The van der Waals surface area contributed by atoms with Gasteiger partial charge in [-0.1, -0.05) is 13.8 Å². The van der Waals surface area contributed by atoms with Crippen LogP contribution in [0.2, 0.25) is 0 Å². The summed E-state index contributed by atoms with van der Waals surface area (Å²) in [4.78, 5) is 12.8. The number of rotatable bonds is 2. The van der Waals surface area contributed by atoms with E-state index in [0.717, 1.165) is 26.1 Å². The topological polar surface area (TPSA) is 32.3 Å². The summed E-state index contributed by atoms with van der Waals surface area (Å²) >= 11 is 0. The van der Waals surface area contributed by atoms with Crippen molar-refractivity contribution in [1.29, 1.82) is 0 Å². The number of likely N-dealkylation sites (tertiary alicyclic amines) is 1. The first-order chi connectivity index (χ1) is 6.24. The molecule has 0 saturated carbocycles. The summed E-state index contributed by atoms with van der Waals surface area (Å²) in [5.74, 6) is 0.882. The SMILES string of the molecule is CC.CNCC1CCN(C(C)=O)C1. The quantitative estimate of drug-likeness (QED) is 0.700. The first-order valence-electron chi connectivity index (χ1n) is 5.14. The van der Waals surface area contributed by atoms with E-state index < -0.39 is 0 Å². The minimum atomic E-state index is 0.212. The highest BCUT2D eigenvalue weighted by atomic mass is 16.2. The molecule has 1 amide bonds. The van der Waals surface area contributed by atoms with Crippen molar-refractivity contribution in [2.45, 2.75) is 27.2 Å². The monoisotopic (exact) mass is 186 g/mol. The summed E-state index contributed by atoms with van der Waals surface area (Å²) < 4.78 is 0. The van der Waals surface area contributed by atoms with Crippen LogP contribution >= 0.6 is 0 Å². The molecule has 13 heavy (non-hydrogen) atoms. The minimum absolute atomic E-state index is 0.212. The van der Waals surface area contributed by atoms with Gasteiger partial charge >= 0.3 is 0 Å². The van der Waals surface area contributed by atoms with Gasteiger partial charge in [-0.15, -0.1) is 0 Å². The lowest BCUT2D eigenvalue weighted by Gasteiger charge is -2.13. The van der Waals surface area contributed by atoms with Gasteiger partial charge in [-0.05, 0) is 25.9 Å². The van der Waals surface area contributed by atoms with E-state index >= 15 is 0 Å². The standard InChI is InChI=1S/C8H16N2O.C2H6/c1-7(11)10-4-3-8(6-10)5-9-2;1-2/h8-9H,3-6H2,1-2H3;1-2H3. The number of carbonyl (C=O) groups excluding carboxylic acids is 1. The third kappa shape index (κ3) is 4.27. The summed E-state index contributed by atoms with van der Waals surface area (Å²) in [5.41, 5.74) is 0. The summed E-state index contributed by atoms with van der Waals surface area (Å²) in [6.07, 6.45) is 1.15. The van der Waals surface area contributed by atoms with Crippen molar-refractivity contribution in [3.05, 3.63) is 0 Å². The van der Waals surface area contributed by atoms with Crippen LogP contribution in [0, 0.1) is 5.92 Å². The van der Waals surface area contributed by atoms with Gasteiger partial charge in [0.15, 0.2) is 0 Å². The summed E-state index contributed by atoms with van der Waals surface area (Å²) in [6.45, 7) is 8.56. The molecule has 1 unspecified atom stereocenters. The van der Waals surface area contributed by atoms with Gasteiger partial charge in [-0.2, -0.15) is 0 Å². The number of carbonyl (C=O) groups is 1. The van der Waals surface area contributed by atoms with Gasteiger partial charge in [0, 0.05) is 20.0 Å². The number of nitrogens with zero attached hydrogens (tertiary/aromatic N) is 1. The molecule has 1 rings (SSSR count). The highest BCUT2D eigenvalue weighted by Crippen LogP contribution is 2.14. The van der Waals surface area contributed by atoms with Crippen LogP contribution in [0.3, 0.4) is 0 Å². The zero-order valence-electron chi connectivity index (χ0n) is 9.26. The van der Waals surface area contributed by atoms with E-state index in [0.29, 0.717) is 5.92 Å². The molecule has 78 valence electrons. The number of hydrogen-bond donors (Lipinski definition) is 1. The van der Waals surface area contributed by atoms with E-state index in [4.69, 9.17) is 0 Å². The van der Waals surface area contributed by atoms with E-state index in [1.807, 2.05) is 25.8 Å². The molecule has 1 heterocycles. The van der Waals surface area contributed by atoms with Gasteiger partial charge in [-0.3, -0.25) is 4.79 Å². The maximum Gasteiger partial charge on any atom is 0.219 e. The number of nitrogens with one attached hydrogen (secondary N) is 1. The first kappa shape index (κ1) is 12.4. The Morgan fingerprint density at radius 1 is 1.54 bits per heavy atom. The zero-order chi connectivity index (χ0) is 10.3. The molecule has 0 aromatic rings. The normalized spacial score (nSPS) is 20.9. The Bertz CT molecular complexity index is 148. The Balaban J connectivity index is 0.000000671. The van der Waals surface area contributed by atoms with Crippen molar-refractivity contribution in [3.63, 3.8) is 0 Å². The fraction of sp³-hybridized carbons (Fsp3) is 0.900. The molecular formula is C10H22N2O. The van der Waals surface area contributed by atoms with Crippen LogP contribution in [0.25, 0.3) is 0 Å². The molecule has 1 aliphatic rings. The summed E-state index contributed by atoms with van der Waals surface area (Å²) in [7, 11) is 1.95. The van der Waals surface area contributed by atoms with Gasteiger partial charge in [0.25, 0.3) is 0 Å². The third-order valence-corrected chi connectivity index (χ3v) is 2.22. The second kappa shape index (κ2) is 6.89. The molecule has 0 aromatic heterocycles. The Hall–Kier alpha value is -0.570. The fourth-order valence-corrected chi connectivity index (χ4v) is 1.57. The molecule has 0 radical (unpaired) electrons. The van der Waals surface area contributed by atoms with Crippen LogP contribution < -0.4 is 5.32 Å². The largest absolute Gasteiger partial charge is 0.343 e. The zero-order valence-corrected chi connectivity index (χ0v) is 9.26. The van der Waals surface area contributed by atoms with Gasteiger partial charge < -0.3 is 10.2 Å². The van der Waals surface area contributed by atoms with E-state index in [-0.39, 0.29) is 5.91 Å². The molecule has 0 aromatic carbocycles. The molecule has 1 N–H and O–H groups in total. The summed E-state index contributed by atoms with van der Waals surface area (Å²) in [5, 5.41) is 3.13. The molecule has 0 spiro atoms. The molecule has 0 bridgehead atoms. The van der Waals surface area contributed by atoms with Crippen molar-refractivity contribution >= 4 is 5.91 Å². The maximum absolute atomic E-state index is 10.9. The van der Waals surface area contributed by atoms with Gasteiger partial charge in [0.2, 0.25) is 5.91 Å². The lowest BCUT2D eigenvalue weighted by Crippen LogP contribution is -2.28. The van der Waals surface area contributed by atoms with Crippen LogP contribution in [0.4, 0.5) is 0 Å². The van der Waals surface area contributed by atoms with E-state index in [1.54, 1.807) is 6.92 Å². The van der Waals surface area contributed by atoms with E-state index in [9.17, 15) is 4.79 Å². The Kier molecular flexibility index (Phi) is 6.59. The predicted octanol–water partition coefficient (Wildman–Crippen LogP) is 1.10. The van der Waals surface area contributed by atoms with E-state index in [1.165, 1.54) is 0 Å². The lowest BCUT2D eigenvalue weighted by molar-refractivity contribution is -0.127. The molecule has 3 heteroatoms. The van der Waals surface area contributed by atoms with Crippen molar-refractivity contribution in [2.75, 3.05) is 26.7 Å². The highest BCUT2D eigenvalue weighted by Gasteiger charge is 2.22. The average Bonchev–Trinajstić information content (AvgIpc) is 2.57. The van der Waals surface area contributed by atoms with Gasteiger partial charge in [-0.25, -0.2) is 0 Å². The van der Waals surface area contributed by atoms with Crippen LogP contribution in [-0.2, 0) is 4.79 Å². The van der Waals surface area contributed by atoms with Crippen molar-refractivity contribution in [2.24, 2.45) is 5.92 Å². The van der Waals surface area contributed by atoms with Crippen molar-refractivity contribution in [3.8, 4) is 0 Å². The summed E-state index contributed by atoms with van der Waals surface area (Å²) in [6, 6.07) is 0. The second-order valence-electron chi connectivity index (χ2n) is 3.18. The molecule has 1 aliphatic heterocycles. The molecule has 0 aliphatic carbocycles. The fourth-order valence-electron chi connectivity index (χ4n) is 1.57. The van der Waals surface area contributed by atoms with Gasteiger partial charge in [0.1, 0.15) is 0 Å². The van der Waals surface area contributed by atoms with Crippen LogP contribution in [0.15, 0.2) is 0 Å². The Morgan fingerprint density at radius 2 is 2.15 bits per heavy atom. The van der Waals surface area contributed by atoms with E-state index in [2.05, 4.69) is 5.32 Å². The second-order valence-corrected chi connectivity index (χ2v) is 3.18. The maximum atomic E-state index is 10.9. The Labute approximate surface area is 81.5 Å². The van der Waals surface area contributed by atoms with Crippen LogP contribution in [0.1, 0.15) is 27.2 Å². The number of hydrogen-bond acceptors (Lipinski definition) is 2. The third-order valence-electron chi connectivity index (χ3n) is 2.22. The first-order valence-corrected chi connectivity index (χ1v) is 5.14. The highest BCUT2D eigenvalue weighted by molar-refractivity contribution is 5.73. The lowest BCUT2D eigenvalue weighted by atomic mass is 10.1. The molecular weight excluding hydrogens is 164 g/mol. The molecule has 1 saturated heterocycles. The van der Waals surface area contributed by atoms with Crippen LogP contribution in [-0.4, -0.2) is 37.5 Å². The smallest absolute Gasteiger partial charge is 0.219 e. The average molecular weight is 186 g/mol.